The fourth-order valence-corrected chi connectivity index (χ4v) is 3.98. The Morgan fingerprint density at radius 3 is 2.37 bits per heavy atom. The third-order valence-electron chi connectivity index (χ3n) is 5.67. The largest absolute Gasteiger partial charge is 0.459 e. The zero-order valence-corrected chi connectivity index (χ0v) is 17.4. The Bertz CT molecular complexity index is 987. The molecule has 0 saturated carbocycles. The number of likely N-dealkylation sites (tertiary alicyclic amines) is 1. The number of rotatable bonds is 4. The number of furan rings is 1. The van der Waals surface area contributed by atoms with Crippen LogP contribution in [0.2, 0.25) is 0 Å². The maximum Gasteiger partial charge on any atom is 0.319 e. The van der Waals surface area contributed by atoms with Crippen molar-refractivity contribution in [1.29, 1.82) is 0 Å². The Kier molecular flexibility index (Phi) is 5.74. The van der Waals surface area contributed by atoms with Crippen LogP contribution in [0.5, 0.6) is 0 Å². The number of nitrogens with zero attached hydrogens (tertiary/aromatic N) is 2. The van der Waals surface area contributed by atoms with E-state index in [1.54, 1.807) is 23.9 Å². The highest BCUT2D eigenvalue weighted by Crippen LogP contribution is 2.29. The van der Waals surface area contributed by atoms with Crippen LogP contribution in [0, 0.1) is 5.92 Å². The second kappa shape index (κ2) is 8.61. The van der Waals surface area contributed by atoms with E-state index in [9.17, 15) is 9.59 Å². The van der Waals surface area contributed by atoms with Crippen LogP contribution in [-0.4, -0.2) is 48.9 Å². The maximum atomic E-state index is 13.1. The lowest BCUT2D eigenvalue weighted by molar-refractivity contribution is -0.126. The quantitative estimate of drug-likeness (QED) is 0.713. The zero-order valence-electron chi connectivity index (χ0n) is 17.4. The Labute approximate surface area is 176 Å². The normalized spacial score (nSPS) is 15.7. The lowest BCUT2D eigenvalue weighted by atomic mass is 9.94. The smallest absolute Gasteiger partial charge is 0.319 e. The van der Waals surface area contributed by atoms with Gasteiger partial charge in [-0.15, -0.1) is 0 Å². The fraction of sp³-hybridized carbons (Fsp3) is 0.333. The molecule has 3 amide bonds. The van der Waals surface area contributed by atoms with Gasteiger partial charge in [0.05, 0.1) is 0 Å². The number of piperidine rings is 1. The first-order chi connectivity index (χ1) is 14.5. The molecule has 0 spiro atoms. The fourth-order valence-electron chi connectivity index (χ4n) is 3.98. The second-order valence-electron chi connectivity index (χ2n) is 7.98. The lowest BCUT2D eigenvalue weighted by Gasteiger charge is -2.33. The van der Waals surface area contributed by atoms with Gasteiger partial charge in [-0.3, -0.25) is 4.79 Å². The van der Waals surface area contributed by atoms with E-state index in [-0.39, 0.29) is 23.9 Å². The van der Waals surface area contributed by atoms with Gasteiger partial charge >= 0.3 is 6.03 Å². The van der Waals surface area contributed by atoms with Crippen LogP contribution in [0.1, 0.15) is 30.2 Å². The van der Waals surface area contributed by atoms with Crippen LogP contribution in [-0.2, 0) is 4.79 Å². The van der Waals surface area contributed by atoms with Gasteiger partial charge in [-0.2, -0.15) is 0 Å². The van der Waals surface area contributed by atoms with Gasteiger partial charge in [-0.1, -0.05) is 48.5 Å². The predicted molar refractivity (Wildman–Crippen MR) is 116 cm³/mol. The topological polar surface area (TPSA) is 65.8 Å². The number of para-hydroxylation sites is 1. The van der Waals surface area contributed by atoms with Gasteiger partial charge in [-0.05, 0) is 30.5 Å². The molecule has 1 aromatic heterocycles. The molecule has 1 aliphatic rings. The summed E-state index contributed by atoms with van der Waals surface area (Å²) in [6.45, 7) is 1.19. The van der Waals surface area contributed by atoms with Crippen molar-refractivity contribution in [3.05, 3.63) is 72.0 Å². The predicted octanol–water partition coefficient (Wildman–Crippen LogP) is 4.03. The minimum Gasteiger partial charge on any atom is -0.459 e. The van der Waals surface area contributed by atoms with Crippen molar-refractivity contribution in [2.45, 2.75) is 18.9 Å². The Hall–Kier alpha value is -3.28. The molecule has 6 nitrogen and oxygen atoms in total. The second-order valence-corrected chi connectivity index (χ2v) is 7.98. The molecular weight excluding hydrogens is 378 g/mol. The number of urea groups is 1. The first kappa shape index (κ1) is 20.0. The van der Waals surface area contributed by atoms with Crippen LogP contribution in [0.25, 0.3) is 11.0 Å². The van der Waals surface area contributed by atoms with Crippen LogP contribution >= 0.6 is 0 Å². The third kappa shape index (κ3) is 4.17. The molecule has 4 rings (SSSR count). The summed E-state index contributed by atoms with van der Waals surface area (Å²) in [4.78, 5) is 28.6. The number of fused-ring (bicyclic) bond motifs is 1. The molecule has 30 heavy (non-hydrogen) atoms. The van der Waals surface area contributed by atoms with Gasteiger partial charge in [0, 0.05) is 38.5 Å². The van der Waals surface area contributed by atoms with Gasteiger partial charge in [-0.25, -0.2) is 4.79 Å². The van der Waals surface area contributed by atoms with E-state index in [0.29, 0.717) is 25.9 Å². The summed E-state index contributed by atoms with van der Waals surface area (Å²) in [6, 6.07) is 19.4. The standard InChI is InChI=1S/C24H27N3O3/c1-26(2)24(29)27-14-12-18(13-15-27)23(28)25-22(17-8-4-3-5-9-17)21-16-19-10-6-7-11-20(19)30-21/h3-11,16,18,22H,12-15H2,1-2H3,(H,25,28). The summed E-state index contributed by atoms with van der Waals surface area (Å²) in [5, 5.41) is 4.21. The molecule has 6 heteroatoms. The van der Waals surface area contributed by atoms with E-state index >= 15 is 0 Å². The number of carbonyl (C=O) groups is 2. The average Bonchev–Trinajstić information content (AvgIpc) is 3.21. The highest BCUT2D eigenvalue weighted by atomic mass is 16.3. The van der Waals surface area contributed by atoms with Gasteiger partial charge in [0.1, 0.15) is 17.4 Å². The first-order valence-electron chi connectivity index (χ1n) is 10.3. The van der Waals surface area contributed by atoms with Crippen LogP contribution in [0.4, 0.5) is 4.79 Å². The van der Waals surface area contributed by atoms with Crippen molar-refractivity contribution in [3.8, 4) is 0 Å². The van der Waals surface area contributed by atoms with E-state index in [0.717, 1.165) is 22.3 Å². The Balaban J connectivity index is 1.51. The van der Waals surface area contributed by atoms with E-state index in [2.05, 4.69) is 5.32 Å². The summed E-state index contributed by atoms with van der Waals surface area (Å²) in [5.41, 5.74) is 1.78. The zero-order chi connectivity index (χ0) is 21.1. The van der Waals surface area contributed by atoms with Gasteiger partial charge in [0.15, 0.2) is 0 Å². The number of amides is 3. The number of nitrogens with one attached hydrogen (secondary N) is 1. The number of benzene rings is 2. The molecule has 0 radical (unpaired) electrons. The molecule has 1 N–H and O–H groups in total. The molecule has 1 aliphatic heterocycles. The molecule has 0 bridgehead atoms. The Morgan fingerprint density at radius 1 is 1.03 bits per heavy atom. The Morgan fingerprint density at radius 2 is 1.70 bits per heavy atom. The summed E-state index contributed by atoms with van der Waals surface area (Å²) in [7, 11) is 3.50. The molecule has 1 saturated heterocycles. The van der Waals surface area contributed by atoms with Crippen molar-refractivity contribution >= 4 is 22.9 Å². The summed E-state index contributed by atoms with van der Waals surface area (Å²) >= 11 is 0. The third-order valence-corrected chi connectivity index (χ3v) is 5.67. The molecule has 1 unspecified atom stereocenters. The summed E-state index contributed by atoms with van der Waals surface area (Å²) < 4.78 is 6.07. The van der Waals surface area contributed by atoms with Crippen LogP contribution in [0.15, 0.2) is 65.1 Å². The molecule has 0 aliphatic carbocycles. The monoisotopic (exact) mass is 405 g/mol. The van der Waals surface area contributed by atoms with Crippen molar-refractivity contribution in [3.63, 3.8) is 0 Å². The number of hydrogen-bond donors (Lipinski definition) is 1. The molecular formula is C24H27N3O3. The van der Waals surface area contributed by atoms with E-state index in [1.165, 1.54) is 0 Å². The van der Waals surface area contributed by atoms with Crippen molar-refractivity contribution in [2.75, 3.05) is 27.2 Å². The lowest BCUT2D eigenvalue weighted by Crippen LogP contribution is -2.46. The highest BCUT2D eigenvalue weighted by Gasteiger charge is 2.30. The summed E-state index contributed by atoms with van der Waals surface area (Å²) in [5.74, 6) is 0.601. The molecule has 2 heterocycles. The molecule has 2 aromatic carbocycles. The SMILES string of the molecule is CN(C)C(=O)N1CCC(C(=O)NC(c2ccccc2)c2cc3ccccc3o2)CC1. The highest BCUT2D eigenvalue weighted by molar-refractivity contribution is 5.81. The molecule has 1 fully saturated rings. The van der Waals surface area contributed by atoms with Crippen LogP contribution in [0.3, 0.4) is 0 Å². The average molecular weight is 405 g/mol. The van der Waals surface area contributed by atoms with E-state index in [1.807, 2.05) is 60.7 Å². The van der Waals surface area contributed by atoms with Gasteiger partial charge in [0.2, 0.25) is 5.91 Å². The summed E-state index contributed by atoms with van der Waals surface area (Å²) in [6.07, 6.45) is 1.32. The molecule has 156 valence electrons. The number of hydrogen-bond acceptors (Lipinski definition) is 3. The van der Waals surface area contributed by atoms with Crippen molar-refractivity contribution in [1.82, 2.24) is 15.1 Å². The van der Waals surface area contributed by atoms with E-state index in [4.69, 9.17) is 4.42 Å². The first-order valence-corrected chi connectivity index (χ1v) is 10.3. The molecule has 3 aromatic rings. The van der Waals surface area contributed by atoms with Gasteiger partial charge in [0.25, 0.3) is 0 Å². The maximum absolute atomic E-state index is 13.1. The van der Waals surface area contributed by atoms with Gasteiger partial charge < -0.3 is 19.5 Å². The van der Waals surface area contributed by atoms with Crippen molar-refractivity contribution in [2.24, 2.45) is 5.92 Å². The molecule has 1 atom stereocenters. The van der Waals surface area contributed by atoms with Crippen molar-refractivity contribution < 1.29 is 14.0 Å². The minimum atomic E-state index is -0.354. The minimum absolute atomic E-state index is 0.00117. The number of carbonyl (C=O) groups excluding carboxylic acids is 2. The van der Waals surface area contributed by atoms with E-state index < -0.39 is 0 Å². The van der Waals surface area contributed by atoms with Crippen LogP contribution < -0.4 is 5.32 Å².